The maximum Gasteiger partial charge on any atom is 0.363 e. The molecule has 25 heavy (non-hydrogen) atoms. The van der Waals surface area contributed by atoms with Gasteiger partial charge in [-0.2, -0.15) is 0 Å². The zero-order valence-electron chi connectivity index (χ0n) is 12.8. The first-order chi connectivity index (χ1) is 12.1. The number of benzene rings is 2. The molecular formula is C19H11F2NO3. The summed E-state index contributed by atoms with van der Waals surface area (Å²) < 4.78 is 37.4. The van der Waals surface area contributed by atoms with Crippen LogP contribution in [0.2, 0.25) is 0 Å². The van der Waals surface area contributed by atoms with E-state index in [2.05, 4.69) is 4.99 Å². The largest absolute Gasteiger partial charge is 0.488 e. The lowest BCUT2D eigenvalue weighted by Crippen LogP contribution is -2.08. The highest BCUT2D eigenvalue weighted by Gasteiger charge is 2.26. The average Bonchev–Trinajstić information content (AvgIpc) is 2.95. The summed E-state index contributed by atoms with van der Waals surface area (Å²) in [4.78, 5) is 16.0. The van der Waals surface area contributed by atoms with Gasteiger partial charge in [-0.3, -0.25) is 0 Å². The summed E-state index contributed by atoms with van der Waals surface area (Å²) in [5, 5.41) is 0. The normalized spacial score (nSPS) is 17.5. The molecular weight excluding hydrogens is 328 g/mol. The van der Waals surface area contributed by atoms with Gasteiger partial charge in [0.1, 0.15) is 24.0 Å². The Kier molecular flexibility index (Phi) is 3.65. The summed E-state index contributed by atoms with van der Waals surface area (Å²) in [6.07, 6.45) is 3.41. The third-order valence-electron chi connectivity index (χ3n) is 3.76. The second kappa shape index (κ2) is 5.98. The van der Waals surface area contributed by atoms with Gasteiger partial charge in [0.05, 0.1) is 5.56 Å². The number of esters is 1. The van der Waals surface area contributed by atoms with Crippen LogP contribution in [0.25, 0.3) is 6.08 Å². The van der Waals surface area contributed by atoms with Crippen molar-refractivity contribution in [3.8, 4) is 5.75 Å². The molecule has 4 nitrogen and oxygen atoms in total. The summed E-state index contributed by atoms with van der Waals surface area (Å²) in [5.41, 5.74) is 1.58. The lowest BCUT2D eigenvalue weighted by Gasteiger charge is -2.15. The molecule has 0 aliphatic carbocycles. The Morgan fingerprint density at radius 3 is 2.80 bits per heavy atom. The van der Waals surface area contributed by atoms with Gasteiger partial charge in [0.2, 0.25) is 5.90 Å². The number of para-hydroxylation sites is 1. The van der Waals surface area contributed by atoms with E-state index in [9.17, 15) is 13.6 Å². The van der Waals surface area contributed by atoms with Crippen molar-refractivity contribution in [2.75, 3.05) is 6.61 Å². The van der Waals surface area contributed by atoms with Crippen LogP contribution in [-0.2, 0) is 9.53 Å². The number of nitrogens with zero attached hydrogens (tertiary/aromatic N) is 1. The van der Waals surface area contributed by atoms with E-state index in [0.717, 1.165) is 23.0 Å². The Morgan fingerprint density at radius 2 is 1.96 bits per heavy atom. The molecule has 2 aromatic rings. The van der Waals surface area contributed by atoms with Crippen LogP contribution in [0.3, 0.4) is 0 Å². The van der Waals surface area contributed by atoms with Crippen molar-refractivity contribution >= 4 is 17.9 Å². The number of hydrogen-bond acceptors (Lipinski definition) is 4. The Hall–Kier alpha value is -3.28. The van der Waals surface area contributed by atoms with Gasteiger partial charge in [-0.25, -0.2) is 18.6 Å². The van der Waals surface area contributed by atoms with E-state index in [1.54, 1.807) is 0 Å². The smallest absolute Gasteiger partial charge is 0.363 e. The van der Waals surface area contributed by atoms with E-state index < -0.39 is 17.6 Å². The minimum atomic E-state index is -0.845. The standard InChI is InChI=1S/C19H11F2NO3/c20-13-5-6-14(15(21)9-13)18-22-16(19(23)25-18)8-11-7-12-3-1-2-4-17(12)24-10-11/h1-9H,10H2. The molecule has 6 heteroatoms. The van der Waals surface area contributed by atoms with Gasteiger partial charge in [0.25, 0.3) is 0 Å². The number of ether oxygens (including phenoxy) is 2. The molecule has 0 radical (unpaired) electrons. The average molecular weight is 339 g/mol. The fourth-order valence-electron chi connectivity index (χ4n) is 2.58. The van der Waals surface area contributed by atoms with E-state index in [1.165, 1.54) is 12.1 Å². The quantitative estimate of drug-likeness (QED) is 0.620. The summed E-state index contributed by atoms with van der Waals surface area (Å²) in [6.45, 7) is 0.281. The van der Waals surface area contributed by atoms with Gasteiger partial charge in [0, 0.05) is 11.6 Å². The summed E-state index contributed by atoms with van der Waals surface area (Å²) in [6, 6.07) is 10.5. The third kappa shape index (κ3) is 2.94. The fourth-order valence-corrected chi connectivity index (χ4v) is 2.58. The minimum absolute atomic E-state index is 0.0351. The molecule has 2 aromatic carbocycles. The zero-order chi connectivity index (χ0) is 17.4. The zero-order valence-corrected chi connectivity index (χ0v) is 12.8. The topological polar surface area (TPSA) is 47.9 Å². The predicted octanol–water partition coefficient (Wildman–Crippen LogP) is 3.63. The number of carbonyl (C=O) groups is 1. The highest BCUT2D eigenvalue weighted by Crippen LogP contribution is 2.28. The van der Waals surface area contributed by atoms with Crippen molar-refractivity contribution in [3.63, 3.8) is 0 Å². The molecule has 0 saturated carbocycles. The van der Waals surface area contributed by atoms with Gasteiger partial charge in [0.15, 0.2) is 5.70 Å². The molecule has 4 rings (SSSR count). The van der Waals surface area contributed by atoms with Crippen LogP contribution >= 0.6 is 0 Å². The van der Waals surface area contributed by atoms with E-state index in [1.807, 2.05) is 30.3 Å². The monoisotopic (exact) mass is 339 g/mol. The molecule has 0 atom stereocenters. The summed E-state index contributed by atoms with van der Waals surface area (Å²) in [5.74, 6) is -1.69. The molecule has 0 bridgehead atoms. The molecule has 0 saturated heterocycles. The lowest BCUT2D eigenvalue weighted by molar-refractivity contribution is -0.130. The molecule has 2 aliphatic rings. The highest BCUT2D eigenvalue weighted by atomic mass is 19.1. The molecule has 2 aliphatic heterocycles. The number of cyclic esters (lactones) is 1. The molecule has 2 heterocycles. The molecule has 0 N–H and O–H groups in total. The molecule has 0 unspecified atom stereocenters. The Bertz CT molecular complexity index is 976. The Balaban J connectivity index is 1.67. The molecule has 124 valence electrons. The Morgan fingerprint density at radius 1 is 1.12 bits per heavy atom. The van der Waals surface area contributed by atoms with Crippen molar-refractivity contribution in [1.29, 1.82) is 0 Å². The van der Waals surface area contributed by atoms with Crippen LogP contribution in [0.5, 0.6) is 5.75 Å². The lowest BCUT2D eigenvalue weighted by atomic mass is 10.1. The predicted molar refractivity (Wildman–Crippen MR) is 87.0 cm³/mol. The van der Waals surface area contributed by atoms with Crippen molar-refractivity contribution in [2.24, 2.45) is 4.99 Å². The third-order valence-corrected chi connectivity index (χ3v) is 3.76. The van der Waals surface area contributed by atoms with Crippen LogP contribution in [-0.4, -0.2) is 18.5 Å². The highest BCUT2D eigenvalue weighted by molar-refractivity contribution is 6.11. The Labute approximate surface area is 141 Å². The van der Waals surface area contributed by atoms with Crippen LogP contribution in [0.15, 0.2) is 64.8 Å². The minimum Gasteiger partial charge on any atom is -0.488 e. The van der Waals surface area contributed by atoms with Crippen LogP contribution in [0.1, 0.15) is 11.1 Å². The number of carbonyl (C=O) groups excluding carboxylic acids is 1. The SMILES string of the molecule is O=C1OC(c2ccc(F)cc2F)=NC1=CC1=Cc2ccccc2OC1. The number of halogens is 2. The van der Waals surface area contributed by atoms with Gasteiger partial charge in [-0.15, -0.1) is 0 Å². The van der Waals surface area contributed by atoms with Crippen LogP contribution < -0.4 is 4.74 Å². The molecule has 0 aromatic heterocycles. The number of rotatable bonds is 2. The fraction of sp³-hybridized carbons (Fsp3) is 0.0526. The van der Waals surface area contributed by atoms with Crippen LogP contribution in [0, 0.1) is 11.6 Å². The van der Waals surface area contributed by atoms with Crippen LogP contribution in [0.4, 0.5) is 8.78 Å². The maximum absolute atomic E-state index is 13.8. The summed E-state index contributed by atoms with van der Waals surface area (Å²) in [7, 11) is 0. The number of hydrogen-bond donors (Lipinski definition) is 0. The van der Waals surface area contributed by atoms with Crippen molar-refractivity contribution in [3.05, 3.63) is 82.6 Å². The van der Waals surface area contributed by atoms with Crippen molar-refractivity contribution in [2.45, 2.75) is 0 Å². The maximum atomic E-state index is 13.8. The van der Waals surface area contributed by atoms with Crippen molar-refractivity contribution < 1.29 is 23.0 Å². The van der Waals surface area contributed by atoms with Gasteiger partial charge >= 0.3 is 5.97 Å². The second-order valence-corrected chi connectivity index (χ2v) is 5.51. The second-order valence-electron chi connectivity index (χ2n) is 5.51. The summed E-state index contributed by atoms with van der Waals surface area (Å²) >= 11 is 0. The van der Waals surface area contributed by atoms with E-state index in [4.69, 9.17) is 9.47 Å². The van der Waals surface area contributed by atoms with Gasteiger partial charge in [-0.1, -0.05) is 18.2 Å². The molecule has 0 spiro atoms. The van der Waals surface area contributed by atoms with Crippen molar-refractivity contribution in [1.82, 2.24) is 0 Å². The molecule has 0 fully saturated rings. The first-order valence-electron chi connectivity index (χ1n) is 7.50. The first kappa shape index (κ1) is 15.3. The molecule has 0 amide bonds. The number of fused-ring (bicyclic) bond motifs is 1. The van der Waals surface area contributed by atoms with E-state index in [-0.39, 0.29) is 23.8 Å². The van der Waals surface area contributed by atoms with E-state index in [0.29, 0.717) is 6.07 Å². The number of aliphatic imine (C=N–C) groups is 1. The van der Waals surface area contributed by atoms with E-state index >= 15 is 0 Å². The first-order valence-corrected chi connectivity index (χ1v) is 7.50. The van der Waals surface area contributed by atoms with Gasteiger partial charge < -0.3 is 9.47 Å². The van der Waals surface area contributed by atoms with Gasteiger partial charge in [-0.05, 0) is 35.9 Å².